The van der Waals surface area contributed by atoms with Gasteiger partial charge in [-0.05, 0) is 59.8 Å². The van der Waals surface area contributed by atoms with Crippen LogP contribution in [0.4, 0.5) is 0 Å². The van der Waals surface area contributed by atoms with Crippen molar-refractivity contribution in [1.29, 1.82) is 0 Å². The molecule has 0 aromatic carbocycles. The molecule has 0 saturated heterocycles. The van der Waals surface area contributed by atoms with Crippen molar-refractivity contribution in [2.75, 3.05) is 39.6 Å². The number of esters is 2. The molecule has 0 heterocycles. The lowest BCUT2D eigenvalue weighted by atomic mass is 9.56. The van der Waals surface area contributed by atoms with E-state index >= 15 is 0 Å². The number of rotatable bonds is 24. The molecule has 1 aliphatic rings. The van der Waals surface area contributed by atoms with Gasteiger partial charge in [-0.1, -0.05) is 13.8 Å². The summed E-state index contributed by atoms with van der Waals surface area (Å²) >= 11 is 0. The van der Waals surface area contributed by atoms with Crippen LogP contribution in [-0.2, 0) is 57.8 Å². The van der Waals surface area contributed by atoms with Crippen LogP contribution in [0.5, 0.6) is 0 Å². The zero-order valence-electron chi connectivity index (χ0n) is 28.5. The molecule has 0 bridgehead atoms. The Balaban J connectivity index is 0.000000977. The number of hydrogen-bond donors (Lipinski definition) is 5. The average molecular weight is 697 g/mol. The van der Waals surface area contributed by atoms with Crippen LogP contribution in [-0.4, -0.2) is 107 Å². The van der Waals surface area contributed by atoms with Gasteiger partial charge in [0.25, 0.3) is 0 Å². The minimum Gasteiger partial charge on any atom is -0.481 e. The van der Waals surface area contributed by atoms with E-state index in [1.807, 2.05) is 27.7 Å². The first-order valence-electron chi connectivity index (χ1n) is 15.7. The highest BCUT2D eigenvalue weighted by Crippen LogP contribution is 2.47. The summed E-state index contributed by atoms with van der Waals surface area (Å²) in [5, 5.41) is 45.4. The Morgan fingerprint density at radius 1 is 0.604 bits per heavy atom. The molecule has 5 N–H and O–H groups in total. The van der Waals surface area contributed by atoms with Crippen LogP contribution in [0.1, 0.15) is 80.1 Å². The number of ether oxygens (including phenoxy) is 2. The van der Waals surface area contributed by atoms with Crippen molar-refractivity contribution in [2.45, 2.75) is 86.2 Å². The van der Waals surface area contributed by atoms with E-state index in [0.29, 0.717) is 32.5 Å². The fourth-order valence-electron chi connectivity index (χ4n) is 4.00. The summed E-state index contributed by atoms with van der Waals surface area (Å²) in [6.07, 6.45) is 2.03. The molecule has 1 saturated carbocycles. The number of carboxylic acid groups (broad SMARTS) is 4. The molecule has 0 aromatic heterocycles. The second kappa shape index (κ2) is 22.3. The van der Waals surface area contributed by atoms with Crippen LogP contribution in [0.25, 0.3) is 0 Å². The fraction of sp³-hybridized carbons (Fsp3) is 0.806. The summed E-state index contributed by atoms with van der Waals surface area (Å²) in [5.41, 5.74) is -1.12. The Morgan fingerprint density at radius 2 is 1.06 bits per heavy atom. The molecule has 1 rings (SSSR count). The molecule has 17 heteroatoms. The third-order valence-corrected chi connectivity index (χ3v) is 7.99. The fourth-order valence-corrected chi connectivity index (χ4v) is 4.00. The topological polar surface area (TPSA) is 259 Å². The van der Waals surface area contributed by atoms with Crippen molar-refractivity contribution in [3.63, 3.8) is 0 Å². The van der Waals surface area contributed by atoms with Crippen LogP contribution in [0.15, 0.2) is 0 Å². The first kappa shape index (κ1) is 44.6. The van der Waals surface area contributed by atoms with Gasteiger partial charge in [-0.3, -0.25) is 28.8 Å². The molecular weight excluding hydrogens is 644 g/mol. The van der Waals surface area contributed by atoms with Crippen molar-refractivity contribution in [2.24, 2.45) is 34.5 Å². The number of hydrogen-bond acceptors (Lipinski definition) is 13. The number of aliphatic carboxylic acids is 4. The molecule has 1 fully saturated rings. The number of carbonyl (C=O) groups excluding carboxylic acids is 2. The third-order valence-electron chi connectivity index (χ3n) is 7.99. The zero-order chi connectivity index (χ0) is 37.1. The van der Waals surface area contributed by atoms with Gasteiger partial charge >= 0.3 is 35.8 Å². The van der Waals surface area contributed by atoms with Crippen LogP contribution in [0.2, 0.25) is 0 Å². The highest BCUT2D eigenvalue weighted by Gasteiger charge is 2.61. The standard InChI is InChI=1S/C17H26O11.C14H26O6/c1-4-17(2,3)16(25)26-5-8(18)6-27-28-7-9-10(13(19)20)12(15(23)24)11(9)14(21)22;1-4-14(2,3)13(17)18-9-5-6-10-19-20-11-7-8-12(15)16/h8-12,18H,4-7H2,1-3H3,(H,19,20)(H,21,22)(H,23,24);4-11H2,1-3H3,(H,15,16). The Labute approximate surface area is 279 Å². The predicted molar refractivity (Wildman–Crippen MR) is 163 cm³/mol. The van der Waals surface area contributed by atoms with Gasteiger partial charge in [-0.25, -0.2) is 19.6 Å². The van der Waals surface area contributed by atoms with Gasteiger partial charge in [-0.15, -0.1) is 0 Å². The van der Waals surface area contributed by atoms with E-state index in [0.717, 1.165) is 12.8 Å². The lowest BCUT2D eigenvalue weighted by molar-refractivity contribution is -0.322. The van der Waals surface area contributed by atoms with E-state index in [4.69, 9.17) is 49.5 Å². The molecule has 3 atom stereocenters. The highest BCUT2D eigenvalue weighted by atomic mass is 17.2. The van der Waals surface area contributed by atoms with Crippen molar-refractivity contribution in [3.8, 4) is 0 Å². The number of aliphatic hydroxyl groups is 1. The van der Waals surface area contributed by atoms with Gasteiger partial charge in [0.15, 0.2) is 0 Å². The molecule has 0 amide bonds. The van der Waals surface area contributed by atoms with Crippen LogP contribution in [0, 0.1) is 34.5 Å². The lowest BCUT2D eigenvalue weighted by Crippen LogP contribution is -2.58. The first-order chi connectivity index (χ1) is 22.3. The van der Waals surface area contributed by atoms with Crippen molar-refractivity contribution < 1.29 is 83.3 Å². The smallest absolute Gasteiger partial charge is 0.311 e. The maximum atomic E-state index is 11.8. The Hall–Kier alpha value is -3.38. The predicted octanol–water partition coefficient (Wildman–Crippen LogP) is 2.57. The summed E-state index contributed by atoms with van der Waals surface area (Å²) in [7, 11) is 0. The van der Waals surface area contributed by atoms with Crippen LogP contribution in [0.3, 0.4) is 0 Å². The van der Waals surface area contributed by atoms with Gasteiger partial charge in [0.2, 0.25) is 0 Å². The van der Waals surface area contributed by atoms with Gasteiger partial charge in [0.05, 0.1) is 55.0 Å². The van der Waals surface area contributed by atoms with E-state index < -0.39 is 83.7 Å². The van der Waals surface area contributed by atoms with E-state index in [1.165, 1.54) is 0 Å². The van der Waals surface area contributed by atoms with E-state index in [1.54, 1.807) is 13.8 Å². The second-order valence-electron chi connectivity index (χ2n) is 12.5. The quantitative estimate of drug-likeness (QED) is 0.0420. The SMILES string of the molecule is CCC(C)(C)C(=O)OCC(O)COOCC1C(C(=O)O)C(C(=O)O)C1C(=O)O.CCC(C)(C)C(=O)OCCCCOOCCCC(=O)O. The normalized spacial score (nSPS) is 19.6. The summed E-state index contributed by atoms with van der Waals surface area (Å²) in [4.78, 5) is 86.4. The Kier molecular flexibility index (Phi) is 20.7. The third kappa shape index (κ3) is 16.1. The maximum absolute atomic E-state index is 11.8. The minimum absolute atomic E-state index is 0.0759. The van der Waals surface area contributed by atoms with Gasteiger partial charge < -0.3 is 35.0 Å². The second-order valence-corrected chi connectivity index (χ2v) is 12.5. The van der Waals surface area contributed by atoms with Crippen LogP contribution < -0.4 is 0 Å². The molecule has 278 valence electrons. The highest BCUT2D eigenvalue weighted by molar-refractivity contribution is 5.89. The van der Waals surface area contributed by atoms with Crippen molar-refractivity contribution in [1.82, 2.24) is 0 Å². The summed E-state index contributed by atoms with van der Waals surface area (Å²) < 4.78 is 10.1. The number of carboxylic acids is 4. The largest absolute Gasteiger partial charge is 0.481 e. The summed E-state index contributed by atoms with van der Waals surface area (Å²) in [6.45, 7) is 10.7. The van der Waals surface area contributed by atoms with E-state index in [2.05, 4.69) is 0 Å². The molecule has 48 heavy (non-hydrogen) atoms. The minimum atomic E-state index is -1.56. The Bertz CT molecular complexity index is 1020. The molecule has 17 nitrogen and oxygen atoms in total. The van der Waals surface area contributed by atoms with Crippen molar-refractivity contribution in [3.05, 3.63) is 0 Å². The van der Waals surface area contributed by atoms with E-state index in [9.17, 15) is 33.9 Å². The molecular formula is C31H52O17. The number of carbonyl (C=O) groups is 6. The van der Waals surface area contributed by atoms with Gasteiger partial charge in [0, 0.05) is 12.3 Å². The molecule has 1 aliphatic carbocycles. The van der Waals surface area contributed by atoms with Gasteiger partial charge in [-0.2, -0.15) is 0 Å². The van der Waals surface area contributed by atoms with Crippen molar-refractivity contribution >= 4 is 35.8 Å². The molecule has 0 radical (unpaired) electrons. The monoisotopic (exact) mass is 696 g/mol. The molecule has 0 spiro atoms. The Morgan fingerprint density at radius 3 is 1.52 bits per heavy atom. The molecule has 0 aromatic rings. The maximum Gasteiger partial charge on any atom is 0.311 e. The molecule has 0 aliphatic heterocycles. The lowest BCUT2D eigenvalue weighted by Gasteiger charge is -2.44. The van der Waals surface area contributed by atoms with Crippen LogP contribution >= 0.6 is 0 Å². The number of aliphatic hydroxyl groups excluding tert-OH is 1. The van der Waals surface area contributed by atoms with E-state index in [-0.39, 0.29) is 25.6 Å². The average Bonchev–Trinajstić information content (AvgIpc) is 2.99. The first-order valence-corrected chi connectivity index (χ1v) is 15.7. The summed E-state index contributed by atoms with van der Waals surface area (Å²) in [5.74, 6) is -11.4. The zero-order valence-corrected chi connectivity index (χ0v) is 28.5. The number of unbranched alkanes of at least 4 members (excludes halogenated alkanes) is 1. The summed E-state index contributed by atoms with van der Waals surface area (Å²) in [6, 6.07) is 0. The molecule has 3 unspecified atom stereocenters. The van der Waals surface area contributed by atoms with Gasteiger partial charge in [0.1, 0.15) is 19.3 Å².